The van der Waals surface area contributed by atoms with E-state index in [0.717, 1.165) is 0 Å². The number of nitrogens with one attached hydrogen (secondary N) is 1. The van der Waals surface area contributed by atoms with Crippen molar-refractivity contribution in [2.45, 2.75) is 6.61 Å². The lowest BCUT2D eigenvalue weighted by Gasteiger charge is -2.02. The highest BCUT2D eigenvalue weighted by Gasteiger charge is 1.96. The molecule has 3 nitrogen and oxygen atoms in total. The van der Waals surface area contributed by atoms with E-state index < -0.39 is 0 Å². The zero-order chi connectivity index (χ0) is 7.40. The Hall–Kier alpha value is -1.09. The average Bonchev–Trinajstić information content (AvgIpc) is 2.04. The molecule has 53 valence electrons. The molecule has 10 heavy (non-hydrogen) atoms. The number of pyridine rings is 1. The Labute approximate surface area is 59.7 Å². The molecule has 2 N–H and O–H groups in total. The predicted octanol–water partition coefficient (Wildman–Crippen LogP) is 0.416. The summed E-state index contributed by atoms with van der Waals surface area (Å²) in [5.41, 5.74) is 0.699. The van der Waals surface area contributed by atoms with Crippen LogP contribution in [0.4, 0.5) is 5.82 Å². The molecule has 1 aromatic rings. The lowest BCUT2D eigenvalue weighted by atomic mass is 10.3. The molecule has 0 fully saturated rings. The van der Waals surface area contributed by atoms with E-state index in [9.17, 15) is 0 Å². The Morgan fingerprint density at radius 1 is 1.80 bits per heavy atom. The monoisotopic (exact) mass is 137 g/mol. The van der Waals surface area contributed by atoms with Crippen LogP contribution in [-0.2, 0) is 6.61 Å². The van der Waals surface area contributed by atoms with Crippen LogP contribution < -0.4 is 5.32 Å². The fraction of sp³-hybridized carbons (Fsp3) is 0.286. The van der Waals surface area contributed by atoms with E-state index in [1.54, 1.807) is 19.3 Å². The zero-order valence-electron chi connectivity index (χ0n) is 5.76. The van der Waals surface area contributed by atoms with Crippen molar-refractivity contribution in [2.75, 3.05) is 12.4 Å². The fourth-order valence-electron chi connectivity index (χ4n) is 0.732. The maximum Gasteiger partial charge on any atom is 0.131 e. The van der Waals surface area contributed by atoms with Crippen LogP contribution in [0, 0.1) is 6.07 Å². The van der Waals surface area contributed by atoms with Gasteiger partial charge in [-0.15, -0.1) is 0 Å². The van der Waals surface area contributed by atoms with E-state index in [1.165, 1.54) is 0 Å². The standard InChI is InChI=1S/C7H9N2O/c1-8-7-6(5-10)3-2-4-9-7/h2,4,10H,5H2,1H3,(H,8,9). The molecule has 0 atom stereocenters. The van der Waals surface area contributed by atoms with Gasteiger partial charge in [-0.05, 0) is 12.1 Å². The number of nitrogens with zero attached hydrogens (tertiary/aromatic N) is 1. The Morgan fingerprint density at radius 2 is 2.60 bits per heavy atom. The first-order chi connectivity index (χ1) is 4.88. The number of hydrogen-bond donors (Lipinski definition) is 2. The third-order valence-electron chi connectivity index (χ3n) is 1.22. The Balaban J connectivity index is 2.96. The van der Waals surface area contributed by atoms with E-state index in [2.05, 4.69) is 16.4 Å². The van der Waals surface area contributed by atoms with Gasteiger partial charge in [0.1, 0.15) is 5.82 Å². The lowest BCUT2D eigenvalue weighted by Crippen LogP contribution is -1.97. The van der Waals surface area contributed by atoms with Gasteiger partial charge in [-0.1, -0.05) is 0 Å². The van der Waals surface area contributed by atoms with Crippen molar-refractivity contribution >= 4 is 5.82 Å². The first-order valence-corrected chi connectivity index (χ1v) is 3.02. The van der Waals surface area contributed by atoms with Gasteiger partial charge in [0, 0.05) is 18.8 Å². The summed E-state index contributed by atoms with van der Waals surface area (Å²) < 4.78 is 0. The van der Waals surface area contributed by atoms with Gasteiger partial charge in [-0.2, -0.15) is 0 Å². The van der Waals surface area contributed by atoms with Gasteiger partial charge in [0.25, 0.3) is 0 Å². The molecule has 0 unspecified atom stereocenters. The molecular weight excluding hydrogens is 128 g/mol. The molecule has 0 saturated carbocycles. The van der Waals surface area contributed by atoms with Gasteiger partial charge in [-0.25, -0.2) is 4.98 Å². The number of aliphatic hydroxyl groups excluding tert-OH is 1. The van der Waals surface area contributed by atoms with Crippen LogP contribution in [0.3, 0.4) is 0 Å². The summed E-state index contributed by atoms with van der Waals surface area (Å²) in [6.07, 6.45) is 1.63. The van der Waals surface area contributed by atoms with Crippen molar-refractivity contribution in [1.29, 1.82) is 0 Å². The largest absolute Gasteiger partial charge is 0.392 e. The number of aromatic nitrogens is 1. The molecule has 1 aromatic heterocycles. The highest BCUT2D eigenvalue weighted by Crippen LogP contribution is 2.08. The summed E-state index contributed by atoms with van der Waals surface area (Å²) in [4.78, 5) is 3.97. The molecule has 0 saturated heterocycles. The smallest absolute Gasteiger partial charge is 0.131 e. The van der Waals surface area contributed by atoms with Gasteiger partial charge in [0.2, 0.25) is 0 Å². The maximum absolute atomic E-state index is 8.74. The first-order valence-electron chi connectivity index (χ1n) is 3.02. The number of rotatable bonds is 2. The summed E-state index contributed by atoms with van der Waals surface area (Å²) in [5.74, 6) is 0.685. The highest BCUT2D eigenvalue weighted by molar-refractivity contribution is 5.41. The Bertz CT molecular complexity index is 190. The lowest BCUT2D eigenvalue weighted by molar-refractivity contribution is 0.282. The SMILES string of the molecule is CNc1ncc[c]c1CO. The van der Waals surface area contributed by atoms with Crippen LogP contribution in [0.2, 0.25) is 0 Å². The van der Waals surface area contributed by atoms with Gasteiger partial charge in [0.15, 0.2) is 0 Å². The highest BCUT2D eigenvalue weighted by atomic mass is 16.3. The maximum atomic E-state index is 8.74. The van der Waals surface area contributed by atoms with E-state index in [4.69, 9.17) is 5.11 Å². The second kappa shape index (κ2) is 3.17. The molecular formula is C7H9N2O. The molecule has 0 aromatic carbocycles. The second-order valence-electron chi connectivity index (χ2n) is 1.82. The predicted molar refractivity (Wildman–Crippen MR) is 38.5 cm³/mol. The van der Waals surface area contributed by atoms with Crippen molar-refractivity contribution in [2.24, 2.45) is 0 Å². The summed E-state index contributed by atoms with van der Waals surface area (Å²) in [5, 5.41) is 11.6. The first kappa shape index (κ1) is 7.02. The minimum Gasteiger partial charge on any atom is -0.392 e. The van der Waals surface area contributed by atoms with Crippen LogP contribution in [0.15, 0.2) is 12.3 Å². The van der Waals surface area contributed by atoms with Crippen molar-refractivity contribution in [3.63, 3.8) is 0 Å². The van der Waals surface area contributed by atoms with Crippen LogP contribution in [0.1, 0.15) is 5.56 Å². The van der Waals surface area contributed by atoms with Gasteiger partial charge < -0.3 is 10.4 Å². The third-order valence-corrected chi connectivity index (χ3v) is 1.22. The number of anilines is 1. The van der Waals surface area contributed by atoms with Crippen LogP contribution in [0.25, 0.3) is 0 Å². The van der Waals surface area contributed by atoms with Crippen LogP contribution in [-0.4, -0.2) is 17.1 Å². The summed E-state index contributed by atoms with van der Waals surface area (Å²) in [7, 11) is 1.76. The summed E-state index contributed by atoms with van der Waals surface area (Å²) in [6.45, 7) is -0.0238. The van der Waals surface area contributed by atoms with Crippen molar-refractivity contribution < 1.29 is 5.11 Å². The summed E-state index contributed by atoms with van der Waals surface area (Å²) in [6, 6.07) is 4.54. The fourth-order valence-corrected chi connectivity index (χ4v) is 0.732. The average molecular weight is 137 g/mol. The topological polar surface area (TPSA) is 45.2 Å². The van der Waals surface area contributed by atoms with Crippen molar-refractivity contribution in [3.05, 3.63) is 23.9 Å². The molecule has 0 spiro atoms. The van der Waals surface area contributed by atoms with Gasteiger partial charge in [-0.3, -0.25) is 0 Å². The number of hydrogen-bond acceptors (Lipinski definition) is 3. The molecule has 0 aliphatic rings. The van der Waals surface area contributed by atoms with Crippen LogP contribution in [0.5, 0.6) is 0 Å². The number of aliphatic hydroxyl groups is 1. The molecule has 1 heterocycles. The van der Waals surface area contributed by atoms with Gasteiger partial charge >= 0.3 is 0 Å². The zero-order valence-corrected chi connectivity index (χ0v) is 5.76. The molecule has 3 heteroatoms. The second-order valence-corrected chi connectivity index (χ2v) is 1.82. The molecule has 1 radical (unpaired) electrons. The summed E-state index contributed by atoms with van der Waals surface area (Å²) >= 11 is 0. The third kappa shape index (κ3) is 1.25. The minimum atomic E-state index is -0.0238. The molecule has 0 bridgehead atoms. The van der Waals surface area contributed by atoms with E-state index in [1.807, 2.05) is 0 Å². The normalized spacial score (nSPS) is 9.40. The molecule has 1 rings (SSSR count). The molecule has 0 aliphatic heterocycles. The van der Waals surface area contributed by atoms with E-state index in [0.29, 0.717) is 11.4 Å². The van der Waals surface area contributed by atoms with Crippen molar-refractivity contribution in [3.8, 4) is 0 Å². The van der Waals surface area contributed by atoms with Crippen molar-refractivity contribution in [1.82, 2.24) is 4.98 Å². The Kier molecular flexibility index (Phi) is 2.23. The minimum absolute atomic E-state index is 0.0238. The van der Waals surface area contributed by atoms with Gasteiger partial charge in [0.05, 0.1) is 6.61 Å². The Morgan fingerprint density at radius 3 is 3.10 bits per heavy atom. The molecule has 0 amide bonds. The van der Waals surface area contributed by atoms with E-state index >= 15 is 0 Å². The molecule has 0 aliphatic carbocycles. The van der Waals surface area contributed by atoms with Crippen LogP contribution >= 0.6 is 0 Å². The quantitative estimate of drug-likeness (QED) is 0.620. The van der Waals surface area contributed by atoms with E-state index in [-0.39, 0.29) is 6.61 Å².